The smallest absolute Gasteiger partial charge is 0.338 e. The first kappa shape index (κ1) is 22.8. The summed E-state index contributed by atoms with van der Waals surface area (Å²) in [5.41, 5.74) is 2.63. The second-order valence-corrected chi connectivity index (χ2v) is 8.70. The molecule has 1 amide bonds. The zero-order chi connectivity index (χ0) is 22.7. The van der Waals surface area contributed by atoms with Gasteiger partial charge in [0.25, 0.3) is 0 Å². The van der Waals surface area contributed by atoms with Crippen LogP contribution in [-0.2, 0) is 23.8 Å². The fourth-order valence-electron chi connectivity index (χ4n) is 3.83. The summed E-state index contributed by atoms with van der Waals surface area (Å²) in [4.78, 5) is 31.8. The Kier molecular flexibility index (Phi) is 7.20. The Balaban J connectivity index is 1.53. The molecule has 1 unspecified atom stereocenters. The number of hydrogen-bond acceptors (Lipinski definition) is 8. The molecule has 32 heavy (non-hydrogen) atoms. The first-order valence-corrected chi connectivity index (χ1v) is 11.5. The zero-order valence-corrected chi connectivity index (χ0v) is 19.4. The average molecular weight is 478 g/mol. The monoisotopic (exact) mass is 477 g/mol. The van der Waals surface area contributed by atoms with Crippen molar-refractivity contribution >= 4 is 40.4 Å². The predicted molar refractivity (Wildman–Crippen MR) is 122 cm³/mol. The number of fused-ring (bicyclic) bond motifs is 1. The van der Waals surface area contributed by atoms with Gasteiger partial charge in [0.2, 0.25) is 5.91 Å². The lowest BCUT2D eigenvalue weighted by Crippen LogP contribution is -2.38. The molecule has 3 aliphatic rings. The van der Waals surface area contributed by atoms with Crippen molar-refractivity contribution in [2.24, 2.45) is 4.99 Å². The number of carbonyl (C=O) groups is 2. The number of carbonyl (C=O) groups excluding carboxylic acids is 2. The Morgan fingerprint density at radius 3 is 2.69 bits per heavy atom. The Labute approximate surface area is 195 Å². The van der Waals surface area contributed by atoms with Crippen LogP contribution in [0.15, 0.2) is 51.6 Å². The van der Waals surface area contributed by atoms with E-state index >= 15 is 0 Å². The van der Waals surface area contributed by atoms with Crippen LogP contribution in [0.25, 0.3) is 0 Å². The van der Waals surface area contributed by atoms with Crippen molar-refractivity contribution in [3.05, 3.63) is 57.2 Å². The highest BCUT2D eigenvalue weighted by atomic mass is 35.5. The van der Waals surface area contributed by atoms with Gasteiger partial charge in [0.05, 0.1) is 44.1 Å². The third-order valence-electron chi connectivity index (χ3n) is 5.33. The van der Waals surface area contributed by atoms with Crippen LogP contribution in [0.4, 0.5) is 0 Å². The number of hydrogen-bond donors (Lipinski definition) is 1. The third kappa shape index (κ3) is 4.85. The molecule has 1 saturated heterocycles. The number of rotatable bonds is 7. The van der Waals surface area contributed by atoms with E-state index in [1.54, 1.807) is 19.1 Å². The minimum Gasteiger partial charge on any atom is -0.466 e. The lowest BCUT2D eigenvalue weighted by molar-refractivity contribution is -0.136. The summed E-state index contributed by atoms with van der Waals surface area (Å²) >= 11 is 7.51. The van der Waals surface area contributed by atoms with Crippen LogP contribution >= 0.6 is 23.4 Å². The number of nitrogens with one attached hydrogen (secondary N) is 1. The van der Waals surface area contributed by atoms with Gasteiger partial charge in [-0.05, 0) is 30.0 Å². The molecule has 1 fully saturated rings. The number of nitrogens with zero attached hydrogens (tertiary/aromatic N) is 2. The zero-order valence-electron chi connectivity index (χ0n) is 17.8. The van der Waals surface area contributed by atoms with Crippen LogP contribution in [0.3, 0.4) is 0 Å². The van der Waals surface area contributed by atoms with Gasteiger partial charge in [0.15, 0.2) is 11.5 Å². The normalized spacial score (nSPS) is 20.7. The summed E-state index contributed by atoms with van der Waals surface area (Å²) < 4.78 is 15.8. The molecule has 1 N–H and O–H groups in total. The molecule has 8 nitrogen and oxygen atoms in total. The third-order valence-corrected chi connectivity index (χ3v) is 6.47. The van der Waals surface area contributed by atoms with Crippen molar-refractivity contribution in [1.82, 2.24) is 10.2 Å². The first-order chi connectivity index (χ1) is 15.5. The molecule has 1 atom stereocenters. The van der Waals surface area contributed by atoms with Crippen molar-refractivity contribution in [3.8, 4) is 0 Å². The maximum atomic E-state index is 12.7. The highest BCUT2D eigenvalue weighted by molar-refractivity contribution is 8.16. The van der Waals surface area contributed by atoms with Gasteiger partial charge >= 0.3 is 5.97 Å². The van der Waals surface area contributed by atoms with E-state index in [2.05, 4.69) is 10.3 Å². The van der Waals surface area contributed by atoms with Gasteiger partial charge in [-0.25, -0.2) is 9.79 Å². The number of amidine groups is 1. The Morgan fingerprint density at radius 2 is 2.00 bits per heavy atom. The van der Waals surface area contributed by atoms with Crippen LogP contribution in [0.5, 0.6) is 0 Å². The molecular formula is C22H24ClN3O5S. The van der Waals surface area contributed by atoms with E-state index in [0.717, 1.165) is 11.3 Å². The maximum Gasteiger partial charge on any atom is 0.338 e. The standard InChI is InChI=1S/C22H24ClN3O5S/c1-13-19(21(28)29-2)20(14-3-5-15(23)6-4-14)26-16(12-32-22(26)25-13)11-17(27)24-8-7-18-30-9-10-31-18/h3-6,12,18,20H,7-11H2,1-2H3,(H,24,27). The van der Waals surface area contributed by atoms with Crippen LogP contribution in [0, 0.1) is 0 Å². The number of esters is 1. The van der Waals surface area contributed by atoms with E-state index in [1.807, 2.05) is 22.4 Å². The van der Waals surface area contributed by atoms with Gasteiger partial charge in [0, 0.05) is 23.7 Å². The second kappa shape index (κ2) is 10.1. The van der Waals surface area contributed by atoms with Gasteiger partial charge in [-0.15, -0.1) is 0 Å². The van der Waals surface area contributed by atoms with Gasteiger partial charge in [0.1, 0.15) is 0 Å². The van der Waals surface area contributed by atoms with E-state index < -0.39 is 12.0 Å². The molecule has 0 aliphatic carbocycles. The van der Waals surface area contributed by atoms with E-state index in [9.17, 15) is 9.59 Å². The highest BCUT2D eigenvalue weighted by Gasteiger charge is 2.40. The molecule has 170 valence electrons. The lowest BCUT2D eigenvalue weighted by atomic mass is 9.94. The molecular weight excluding hydrogens is 454 g/mol. The number of amides is 1. The summed E-state index contributed by atoms with van der Waals surface area (Å²) in [6.07, 6.45) is 0.482. The average Bonchev–Trinajstić information content (AvgIpc) is 3.43. The largest absolute Gasteiger partial charge is 0.466 e. The van der Waals surface area contributed by atoms with Gasteiger partial charge in [-0.3, -0.25) is 4.79 Å². The van der Waals surface area contributed by atoms with E-state index in [0.29, 0.717) is 47.6 Å². The van der Waals surface area contributed by atoms with Crippen molar-refractivity contribution in [2.45, 2.75) is 32.1 Å². The molecule has 1 aromatic carbocycles. The molecule has 3 aliphatic heterocycles. The molecule has 0 aromatic heterocycles. The SMILES string of the molecule is COC(=O)C1=C(C)N=C2SC=C(CC(=O)NCCC3OCCO3)N2C1c1ccc(Cl)cc1. The van der Waals surface area contributed by atoms with Crippen molar-refractivity contribution in [2.75, 3.05) is 26.9 Å². The number of ether oxygens (including phenoxy) is 3. The van der Waals surface area contributed by atoms with Crippen LogP contribution in [0.2, 0.25) is 5.02 Å². The fraction of sp³-hybridized carbons (Fsp3) is 0.409. The number of aliphatic imine (C=N–C) groups is 1. The van der Waals surface area contributed by atoms with Crippen molar-refractivity contribution in [3.63, 3.8) is 0 Å². The lowest BCUT2D eigenvalue weighted by Gasteiger charge is -2.36. The molecule has 0 bridgehead atoms. The van der Waals surface area contributed by atoms with Crippen LogP contribution in [-0.4, -0.2) is 55.1 Å². The van der Waals surface area contributed by atoms with E-state index in [-0.39, 0.29) is 18.6 Å². The maximum absolute atomic E-state index is 12.7. The van der Waals surface area contributed by atoms with E-state index in [1.165, 1.54) is 18.9 Å². The molecule has 0 saturated carbocycles. The van der Waals surface area contributed by atoms with Gasteiger partial charge in [-0.2, -0.15) is 0 Å². The first-order valence-electron chi connectivity index (χ1n) is 10.3. The Hall–Kier alpha value is -2.33. The summed E-state index contributed by atoms with van der Waals surface area (Å²) in [5, 5.41) is 6.12. The molecule has 10 heteroatoms. The summed E-state index contributed by atoms with van der Waals surface area (Å²) in [7, 11) is 1.35. The number of methoxy groups -OCH3 is 1. The Morgan fingerprint density at radius 1 is 1.28 bits per heavy atom. The number of halogens is 1. The minimum atomic E-state index is -0.471. The summed E-state index contributed by atoms with van der Waals surface area (Å²) in [5.74, 6) is -0.584. The Bertz CT molecular complexity index is 986. The summed E-state index contributed by atoms with van der Waals surface area (Å²) in [6.45, 7) is 3.42. The van der Waals surface area contributed by atoms with Gasteiger partial charge < -0.3 is 24.4 Å². The van der Waals surface area contributed by atoms with Crippen molar-refractivity contribution < 1.29 is 23.8 Å². The number of benzene rings is 1. The second-order valence-electron chi connectivity index (χ2n) is 7.42. The fourth-order valence-corrected chi connectivity index (χ4v) is 4.92. The molecule has 0 spiro atoms. The van der Waals surface area contributed by atoms with Crippen molar-refractivity contribution in [1.29, 1.82) is 0 Å². The molecule has 1 aromatic rings. The summed E-state index contributed by atoms with van der Waals surface area (Å²) in [6, 6.07) is 6.82. The predicted octanol–water partition coefficient (Wildman–Crippen LogP) is 3.36. The number of thioether (sulfide) groups is 1. The van der Waals surface area contributed by atoms with Crippen LogP contribution in [0.1, 0.15) is 31.4 Å². The number of allylic oxidation sites excluding steroid dienone is 1. The van der Waals surface area contributed by atoms with E-state index in [4.69, 9.17) is 25.8 Å². The van der Waals surface area contributed by atoms with Gasteiger partial charge in [-0.1, -0.05) is 35.5 Å². The highest BCUT2D eigenvalue weighted by Crippen LogP contribution is 2.44. The molecule has 4 rings (SSSR count). The van der Waals surface area contributed by atoms with Crippen LogP contribution < -0.4 is 5.32 Å². The topological polar surface area (TPSA) is 89.5 Å². The minimum absolute atomic E-state index is 0.128. The quantitative estimate of drug-likeness (QED) is 0.602. The molecule has 3 heterocycles. The molecule has 0 radical (unpaired) electrons.